The normalized spacial score (nSPS) is 14.9. The molecule has 0 saturated carbocycles. The maximum atomic E-state index is 12.6. The molecule has 1 N–H and O–H groups in total. The molecule has 4 rings (SSSR count). The minimum atomic E-state index is -0.458. The topological polar surface area (TPSA) is 86.3 Å². The van der Waals surface area contributed by atoms with E-state index >= 15 is 0 Å². The molecule has 0 atom stereocenters. The number of nitriles is 1. The molecule has 1 aliphatic rings. The zero-order chi connectivity index (χ0) is 20.4. The first kappa shape index (κ1) is 18.3. The summed E-state index contributed by atoms with van der Waals surface area (Å²) in [5.74, 6) is 0.659. The van der Waals surface area contributed by atoms with Crippen molar-refractivity contribution in [2.45, 2.75) is 13.5 Å². The highest BCUT2D eigenvalue weighted by molar-refractivity contribution is 6.13. The summed E-state index contributed by atoms with van der Waals surface area (Å²) < 4.78 is 5.77. The number of benzene rings is 2. The largest absolute Gasteiger partial charge is 0.457 e. The van der Waals surface area contributed by atoms with Gasteiger partial charge in [-0.25, -0.2) is 4.79 Å². The molecule has 6 heteroatoms. The van der Waals surface area contributed by atoms with Crippen molar-refractivity contribution in [3.8, 4) is 17.4 Å². The van der Waals surface area contributed by atoms with E-state index in [0.717, 1.165) is 16.7 Å². The predicted molar refractivity (Wildman–Crippen MR) is 107 cm³/mol. The molecule has 0 radical (unpaired) electrons. The van der Waals surface area contributed by atoms with E-state index in [4.69, 9.17) is 9.68 Å². The van der Waals surface area contributed by atoms with Gasteiger partial charge in [0.15, 0.2) is 0 Å². The van der Waals surface area contributed by atoms with Crippen molar-refractivity contribution in [2.75, 3.05) is 0 Å². The summed E-state index contributed by atoms with van der Waals surface area (Å²) in [7, 11) is 0. The van der Waals surface area contributed by atoms with E-state index in [1.807, 2.05) is 31.2 Å². The van der Waals surface area contributed by atoms with Crippen molar-refractivity contribution in [3.05, 3.63) is 88.8 Å². The summed E-state index contributed by atoms with van der Waals surface area (Å²) in [5, 5.41) is 11.5. The Bertz CT molecular complexity index is 1150. The van der Waals surface area contributed by atoms with Crippen molar-refractivity contribution in [2.24, 2.45) is 0 Å². The molecule has 0 bridgehead atoms. The van der Waals surface area contributed by atoms with Crippen LogP contribution >= 0.6 is 0 Å². The minimum Gasteiger partial charge on any atom is -0.457 e. The standard InChI is InChI=1S/C23H17N3O3/c1-15-2-4-17(5-3-15)14-26-22(27)20(25-23(26)28)12-19-10-11-21(29-19)18-8-6-16(13-24)7-9-18/h2-12H,14H2,1H3,(H,25,28). The van der Waals surface area contributed by atoms with Crippen molar-refractivity contribution in [1.82, 2.24) is 10.2 Å². The first-order chi connectivity index (χ1) is 14.0. The Morgan fingerprint density at radius 3 is 2.45 bits per heavy atom. The smallest absolute Gasteiger partial charge is 0.329 e. The first-order valence-electron chi connectivity index (χ1n) is 9.04. The lowest BCUT2D eigenvalue weighted by molar-refractivity contribution is -0.123. The molecule has 29 heavy (non-hydrogen) atoms. The molecular weight excluding hydrogens is 366 g/mol. The molecular formula is C23H17N3O3. The molecule has 0 unspecified atom stereocenters. The van der Waals surface area contributed by atoms with E-state index in [1.165, 1.54) is 11.0 Å². The number of furan rings is 1. The molecule has 3 aromatic rings. The second kappa shape index (κ2) is 7.49. The number of urea groups is 1. The molecule has 1 aliphatic heterocycles. The number of carbonyl (C=O) groups is 2. The second-order valence-corrected chi connectivity index (χ2v) is 6.76. The number of carbonyl (C=O) groups excluding carboxylic acids is 2. The van der Waals surface area contributed by atoms with Crippen LogP contribution in [-0.2, 0) is 11.3 Å². The van der Waals surface area contributed by atoms with Crippen LogP contribution in [0.5, 0.6) is 0 Å². The molecule has 2 aromatic carbocycles. The van der Waals surface area contributed by atoms with Crippen LogP contribution in [0.15, 0.2) is 70.8 Å². The average Bonchev–Trinajstić information content (AvgIpc) is 3.30. The van der Waals surface area contributed by atoms with Crippen molar-refractivity contribution in [3.63, 3.8) is 0 Å². The van der Waals surface area contributed by atoms with Gasteiger partial charge in [0.25, 0.3) is 5.91 Å². The number of amides is 3. The van der Waals surface area contributed by atoms with Crippen LogP contribution in [0.4, 0.5) is 4.79 Å². The zero-order valence-corrected chi connectivity index (χ0v) is 15.7. The van der Waals surface area contributed by atoms with E-state index in [2.05, 4.69) is 11.4 Å². The monoisotopic (exact) mass is 383 g/mol. The Morgan fingerprint density at radius 1 is 1.03 bits per heavy atom. The Morgan fingerprint density at radius 2 is 1.76 bits per heavy atom. The maximum Gasteiger partial charge on any atom is 0.329 e. The third kappa shape index (κ3) is 3.80. The number of hydrogen-bond acceptors (Lipinski definition) is 4. The Balaban J connectivity index is 1.52. The van der Waals surface area contributed by atoms with Crippen LogP contribution in [0, 0.1) is 18.3 Å². The maximum absolute atomic E-state index is 12.6. The van der Waals surface area contributed by atoms with Gasteiger partial charge in [-0.2, -0.15) is 5.26 Å². The number of rotatable bonds is 4. The van der Waals surface area contributed by atoms with Gasteiger partial charge >= 0.3 is 6.03 Å². The Labute approximate surface area is 167 Å². The van der Waals surface area contributed by atoms with Crippen LogP contribution < -0.4 is 5.32 Å². The SMILES string of the molecule is Cc1ccc(CN2C(=O)NC(=Cc3ccc(-c4ccc(C#N)cc4)o3)C2=O)cc1. The van der Waals surface area contributed by atoms with Gasteiger partial charge in [-0.05, 0) is 48.9 Å². The zero-order valence-electron chi connectivity index (χ0n) is 15.7. The summed E-state index contributed by atoms with van der Waals surface area (Å²) in [6.45, 7) is 2.19. The van der Waals surface area contributed by atoms with Gasteiger partial charge in [0.05, 0.1) is 18.2 Å². The lowest BCUT2D eigenvalue weighted by Gasteiger charge is -2.11. The van der Waals surface area contributed by atoms with E-state index in [-0.39, 0.29) is 12.2 Å². The van der Waals surface area contributed by atoms with Crippen LogP contribution in [0.1, 0.15) is 22.5 Å². The molecule has 0 spiro atoms. The molecule has 1 aromatic heterocycles. The van der Waals surface area contributed by atoms with E-state index < -0.39 is 11.9 Å². The minimum absolute atomic E-state index is 0.169. The molecule has 2 heterocycles. The third-order valence-electron chi connectivity index (χ3n) is 4.64. The fraction of sp³-hybridized carbons (Fsp3) is 0.0870. The van der Waals surface area contributed by atoms with E-state index in [9.17, 15) is 9.59 Å². The molecule has 1 saturated heterocycles. The molecule has 1 fully saturated rings. The third-order valence-corrected chi connectivity index (χ3v) is 4.64. The lowest BCUT2D eigenvalue weighted by atomic mass is 10.1. The summed E-state index contributed by atoms with van der Waals surface area (Å²) in [5.41, 5.74) is 3.54. The molecule has 3 amide bonds. The van der Waals surface area contributed by atoms with Gasteiger partial charge in [-0.1, -0.05) is 29.8 Å². The van der Waals surface area contributed by atoms with Crippen molar-refractivity contribution < 1.29 is 14.0 Å². The average molecular weight is 383 g/mol. The highest BCUT2D eigenvalue weighted by atomic mass is 16.3. The highest BCUT2D eigenvalue weighted by Crippen LogP contribution is 2.25. The summed E-state index contributed by atoms with van der Waals surface area (Å²) in [6, 6.07) is 19.8. The summed E-state index contributed by atoms with van der Waals surface area (Å²) >= 11 is 0. The number of hydrogen-bond donors (Lipinski definition) is 1. The van der Waals surface area contributed by atoms with Gasteiger partial charge in [0.1, 0.15) is 17.2 Å². The number of aryl methyl sites for hydroxylation is 1. The van der Waals surface area contributed by atoms with Gasteiger partial charge in [-0.3, -0.25) is 9.69 Å². The number of imide groups is 1. The fourth-order valence-electron chi connectivity index (χ4n) is 3.03. The van der Waals surface area contributed by atoms with Crippen LogP contribution in [0.3, 0.4) is 0 Å². The van der Waals surface area contributed by atoms with Gasteiger partial charge < -0.3 is 9.73 Å². The first-order valence-corrected chi connectivity index (χ1v) is 9.04. The van der Waals surface area contributed by atoms with E-state index in [1.54, 1.807) is 36.4 Å². The Kier molecular flexibility index (Phi) is 4.71. The van der Waals surface area contributed by atoms with Gasteiger partial charge in [0.2, 0.25) is 0 Å². The van der Waals surface area contributed by atoms with Crippen molar-refractivity contribution in [1.29, 1.82) is 5.26 Å². The molecule has 6 nitrogen and oxygen atoms in total. The van der Waals surface area contributed by atoms with Crippen LogP contribution in [-0.4, -0.2) is 16.8 Å². The fourth-order valence-corrected chi connectivity index (χ4v) is 3.03. The second-order valence-electron chi connectivity index (χ2n) is 6.76. The number of nitrogens with one attached hydrogen (secondary N) is 1. The van der Waals surface area contributed by atoms with Gasteiger partial charge in [0, 0.05) is 11.6 Å². The summed E-state index contributed by atoms with van der Waals surface area (Å²) in [6.07, 6.45) is 1.52. The van der Waals surface area contributed by atoms with Crippen molar-refractivity contribution >= 4 is 18.0 Å². The lowest BCUT2D eigenvalue weighted by Crippen LogP contribution is -2.30. The highest BCUT2D eigenvalue weighted by Gasteiger charge is 2.33. The van der Waals surface area contributed by atoms with Gasteiger partial charge in [-0.15, -0.1) is 0 Å². The predicted octanol–water partition coefficient (Wildman–Crippen LogP) is 4.22. The number of nitrogens with zero attached hydrogens (tertiary/aromatic N) is 2. The Hall–Kier alpha value is -4.11. The van der Waals surface area contributed by atoms with Crippen LogP contribution in [0.2, 0.25) is 0 Å². The quantitative estimate of drug-likeness (QED) is 0.540. The molecule has 142 valence electrons. The summed E-state index contributed by atoms with van der Waals surface area (Å²) in [4.78, 5) is 26.0. The van der Waals surface area contributed by atoms with Crippen LogP contribution in [0.25, 0.3) is 17.4 Å². The molecule has 0 aliphatic carbocycles. The van der Waals surface area contributed by atoms with E-state index in [0.29, 0.717) is 17.1 Å².